The minimum atomic E-state index is -0.568. The van der Waals surface area contributed by atoms with Crippen LogP contribution in [0.4, 0.5) is 10.1 Å². The highest BCUT2D eigenvalue weighted by molar-refractivity contribution is 5.91. The molecule has 0 aliphatic heterocycles. The Morgan fingerprint density at radius 2 is 1.90 bits per heavy atom. The molecular weight excluding hydrogens is 387 g/mol. The predicted octanol–water partition coefficient (Wildman–Crippen LogP) is 5.39. The second-order valence-electron chi connectivity index (χ2n) is 6.27. The van der Waals surface area contributed by atoms with E-state index in [1.165, 1.54) is 43.5 Å². The lowest BCUT2D eigenvalue weighted by Crippen LogP contribution is -2.00. The molecule has 3 aromatic carbocycles. The molecule has 0 aromatic heterocycles. The van der Waals surface area contributed by atoms with Crippen LogP contribution in [0.5, 0.6) is 11.5 Å². The zero-order valence-electron chi connectivity index (χ0n) is 16.0. The Bertz CT molecular complexity index is 1140. The fourth-order valence-electron chi connectivity index (χ4n) is 2.84. The van der Waals surface area contributed by atoms with E-state index in [2.05, 4.69) is 0 Å². The minimum absolute atomic E-state index is 0.0811. The third-order valence-electron chi connectivity index (χ3n) is 4.30. The summed E-state index contributed by atoms with van der Waals surface area (Å²) in [4.78, 5) is 11.1. The van der Waals surface area contributed by atoms with Crippen molar-refractivity contribution < 1.29 is 18.8 Å². The van der Waals surface area contributed by atoms with Gasteiger partial charge in [0.15, 0.2) is 11.5 Å². The average molecular weight is 404 g/mol. The lowest BCUT2D eigenvalue weighted by Gasteiger charge is -2.12. The Kier molecular flexibility index (Phi) is 6.40. The van der Waals surface area contributed by atoms with Crippen LogP contribution in [0.3, 0.4) is 0 Å². The first kappa shape index (κ1) is 20.6. The molecule has 0 unspecified atom stereocenters. The number of hydrogen-bond acceptors (Lipinski definition) is 5. The molecular formula is C23H17FN2O4. The van der Waals surface area contributed by atoms with Crippen LogP contribution in [0.15, 0.2) is 66.7 Å². The van der Waals surface area contributed by atoms with E-state index in [9.17, 15) is 19.8 Å². The Morgan fingerprint density at radius 3 is 2.53 bits per heavy atom. The molecule has 0 N–H and O–H groups in total. The van der Waals surface area contributed by atoms with E-state index in [1.807, 2.05) is 36.4 Å². The van der Waals surface area contributed by atoms with E-state index in [4.69, 9.17) is 9.47 Å². The Morgan fingerprint density at radius 1 is 1.13 bits per heavy atom. The lowest BCUT2D eigenvalue weighted by molar-refractivity contribution is -0.385. The summed E-state index contributed by atoms with van der Waals surface area (Å²) in [5.41, 5.74) is 1.17. The van der Waals surface area contributed by atoms with E-state index >= 15 is 0 Å². The predicted molar refractivity (Wildman–Crippen MR) is 110 cm³/mol. The number of hydrogen-bond donors (Lipinski definition) is 0. The molecule has 6 nitrogen and oxygen atoms in total. The van der Waals surface area contributed by atoms with E-state index in [0.717, 1.165) is 5.56 Å². The fourth-order valence-corrected chi connectivity index (χ4v) is 2.84. The van der Waals surface area contributed by atoms with Gasteiger partial charge < -0.3 is 9.47 Å². The maximum absolute atomic E-state index is 13.5. The molecule has 0 atom stereocenters. The second-order valence-corrected chi connectivity index (χ2v) is 6.27. The molecule has 3 rings (SSSR count). The minimum Gasteiger partial charge on any atom is -0.493 e. The smallest absolute Gasteiger partial charge is 0.280 e. The van der Waals surface area contributed by atoms with Gasteiger partial charge in [0.1, 0.15) is 12.4 Å². The van der Waals surface area contributed by atoms with Gasteiger partial charge in [-0.3, -0.25) is 10.1 Å². The van der Waals surface area contributed by atoms with Crippen LogP contribution < -0.4 is 9.47 Å². The van der Waals surface area contributed by atoms with Crippen molar-refractivity contribution in [2.75, 3.05) is 7.11 Å². The summed E-state index contributed by atoms with van der Waals surface area (Å²) in [6.45, 7) is 0.205. The van der Waals surface area contributed by atoms with E-state index in [1.54, 1.807) is 6.07 Å². The summed E-state index contributed by atoms with van der Waals surface area (Å²) in [5, 5.41) is 21.1. The van der Waals surface area contributed by atoms with Crippen LogP contribution in [-0.2, 0) is 6.61 Å². The number of ether oxygens (including phenoxy) is 2. The zero-order chi connectivity index (χ0) is 21.5. The number of nitro benzene ring substituents is 1. The third-order valence-corrected chi connectivity index (χ3v) is 4.30. The zero-order valence-corrected chi connectivity index (χ0v) is 16.0. The van der Waals surface area contributed by atoms with Crippen molar-refractivity contribution in [2.45, 2.75) is 6.61 Å². The average Bonchev–Trinajstić information content (AvgIpc) is 2.76. The normalized spacial score (nSPS) is 10.9. The highest BCUT2D eigenvalue weighted by atomic mass is 19.1. The van der Waals surface area contributed by atoms with Gasteiger partial charge in [-0.05, 0) is 35.4 Å². The molecule has 7 heteroatoms. The van der Waals surface area contributed by atoms with E-state index in [-0.39, 0.29) is 34.9 Å². The summed E-state index contributed by atoms with van der Waals surface area (Å²) in [7, 11) is 1.42. The van der Waals surface area contributed by atoms with Crippen LogP contribution in [0.25, 0.3) is 11.6 Å². The van der Waals surface area contributed by atoms with Crippen molar-refractivity contribution in [3.8, 4) is 17.6 Å². The van der Waals surface area contributed by atoms with Crippen molar-refractivity contribution >= 4 is 17.3 Å². The molecule has 0 aliphatic carbocycles. The number of nitro groups is 1. The van der Waals surface area contributed by atoms with Gasteiger partial charge in [0.05, 0.1) is 35.3 Å². The fraction of sp³-hybridized carbons (Fsp3) is 0.0870. The number of benzene rings is 3. The first-order valence-corrected chi connectivity index (χ1v) is 8.92. The maximum Gasteiger partial charge on any atom is 0.280 e. The molecule has 0 saturated heterocycles. The first-order valence-electron chi connectivity index (χ1n) is 8.92. The number of rotatable bonds is 7. The van der Waals surface area contributed by atoms with Gasteiger partial charge in [-0.25, -0.2) is 4.39 Å². The van der Waals surface area contributed by atoms with Gasteiger partial charge in [-0.15, -0.1) is 0 Å². The number of allylic oxidation sites excluding steroid dienone is 1. The van der Waals surface area contributed by atoms with Gasteiger partial charge in [0.25, 0.3) is 5.69 Å². The number of nitrogens with zero attached hydrogens (tertiary/aromatic N) is 2. The van der Waals surface area contributed by atoms with Gasteiger partial charge in [-0.2, -0.15) is 5.26 Å². The maximum atomic E-state index is 13.5. The topological polar surface area (TPSA) is 85.4 Å². The second kappa shape index (κ2) is 9.34. The van der Waals surface area contributed by atoms with Crippen LogP contribution in [-0.4, -0.2) is 12.0 Å². The SMILES string of the molecule is COc1cc(/C=C(/C#N)c2cccc(F)c2)c([N+](=O)[O-])cc1OCc1ccccc1. The quantitative estimate of drug-likeness (QED) is 0.228. The molecule has 0 aliphatic rings. The van der Waals surface area contributed by atoms with Gasteiger partial charge >= 0.3 is 0 Å². The molecule has 0 saturated carbocycles. The molecule has 0 spiro atoms. The van der Waals surface area contributed by atoms with Gasteiger partial charge in [0.2, 0.25) is 0 Å². The molecule has 0 heterocycles. The molecule has 3 aromatic rings. The van der Waals surface area contributed by atoms with Crippen molar-refractivity contribution in [1.82, 2.24) is 0 Å². The van der Waals surface area contributed by atoms with E-state index < -0.39 is 10.7 Å². The summed E-state index contributed by atoms with van der Waals surface area (Å²) in [6.07, 6.45) is 1.33. The number of methoxy groups -OCH3 is 1. The van der Waals surface area contributed by atoms with Crippen molar-refractivity contribution in [1.29, 1.82) is 5.26 Å². The summed E-state index contributed by atoms with van der Waals surface area (Å²) >= 11 is 0. The van der Waals surface area contributed by atoms with Gasteiger partial charge in [-0.1, -0.05) is 42.5 Å². The van der Waals surface area contributed by atoms with E-state index in [0.29, 0.717) is 5.56 Å². The van der Waals surface area contributed by atoms with Crippen molar-refractivity contribution in [2.24, 2.45) is 0 Å². The Balaban J connectivity index is 2.02. The van der Waals surface area contributed by atoms with Gasteiger partial charge in [0, 0.05) is 0 Å². The van der Waals surface area contributed by atoms with Crippen LogP contribution in [0.2, 0.25) is 0 Å². The monoisotopic (exact) mass is 404 g/mol. The molecule has 0 fully saturated rings. The Hall–Kier alpha value is -4.18. The van der Waals surface area contributed by atoms with Crippen molar-refractivity contribution in [3.05, 3.63) is 99.4 Å². The summed E-state index contributed by atoms with van der Waals surface area (Å²) in [5.74, 6) is -0.0285. The van der Waals surface area contributed by atoms with Crippen LogP contribution >= 0.6 is 0 Å². The third kappa shape index (κ3) is 4.80. The largest absolute Gasteiger partial charge is 0.493 e. The molecule has 0 amide bonds. The number of nitriles is 1. The standard InChI is InChI=1S/C23H17FN2O4/c1-29-22-12-18(10-19(14-25)17-8-5-9-20(24)11-17)21(26(27)28)13-23(22)30-15-16-6-3-2-4-7-16/h2-13H,15H2,1H3/b19-10-. The van der Waals surface area contributed by atoms with Crippen LogP contribution in [0.1, 0.15) is 16.7 Å². The lowest BCUT2D eigenvalue weighted by atomic mass is 10.0. The summed E-state index contributed by atoms with van der Waals surface area (Å²) in [6, 6.07) is 19.4. The highest BCUT2D eigenvalue weighted by Gasteiger charge is 2.20. The summed E-state index contributed by atoms with van der Waals surface area (Å²) < 4.78 is 24.6. The first-order chi connectivity index (χ1) is 14.5. The number of halogens is 1. The molecule has 0 radical (unpaired) electrons. The van der Waals surface area contributed by atoms with Crippen molar-refractivity contribution in [3.63, 3.8) is 0 Å². The highest BCUT2D eigenvalue weighted by Crippen LogP contribution is 2.37. The molecule has 0 bridgehead atoms. The molecule has 30 heavy (non-hydrogen) atoms. The Labute approximate surface area is 172 Å². The molecule has 150 valence electrons. The van der Waals surface area contributed by atoms with Crippen LogP contribution in [0, 0.1) is 27.3 Å².